The molecule has 29 heavy (non-hydrogen) atoms. The first-order valence-corrected chi connectivity index (χ1v) is 12.8. The molecule has 0 spiro atoms. The van der Waals surface area contributed by atoms with Crippen molar-refractivity contribution >= 4 is 20.8 Å². The molecule has 0 aromatic rings. The third kappa shape index (κ3) is 47.6. The van der Waals surface area contributed by atoms with Gasteiger partial charge in [0, 0.05) is 0 Å². The first-order chi connectivity index (χ1) is 13.1. The molecule has 0 unspecified atom stereocenters. The molecule has 0 amide bonds. The van der Waals surface area contributed by atoms with E-state index in [0.29, 0.717) is 6.42 Å². The molecule has 11 heteroatoms. The van der Waals surface area contributed by atoms with Crippen LogP contribution in [0.3, 0.4) is 0 Å². The summed E-state index contributed by atoms with van der Waals surface area (Å²) in [6.07, 6.45) is 21.5. The second-order valence-corrected chi connectivity index (χ2v) is 8.62. The first kappa shape index (κ1) is 34.1. The van der Waals surface area contributed by atoms with Crippen LogP contribution in [-0.4, -0.2) is 37.1 Å². The minimum Gasteiger partial charge on any atom is -1.00 e. The Morgan fingerprint density at radius 1 is 0.690 bits per heavy atom. The molecule has 0 atom stereocenters. The summed E-state index contributed by atoms with van der Waals surface area (Å²) >= 11 is 0. The van der Waals surface area contributed by atoms with Crippen LogP contribution in [0.2, 0.25) is 0 Å². The number of hydrogen-bond acceptors (Lipinski definition) is 5. The van der Waals surface area contributed by atoms with Gasteiger partial charge in [-0.3, -0.25) is 13.7 Å². The summed E-state index contributed by atoms with van der Waals surface area (Å²) in [5.41, 5.74) is 0. The molecular weight excluding hydrogens is 431 g/mol. The van der Waals surface area contributed by atoms with E-state index >= 15 is 0 Å². The van der Waals surface area contributed by atoms with Gasteiger partial charge in [-0.2, -0.15) is 16.8 Å². The average molecular weight is 471 g/mol. The van der Waals surface area contributed by atoms with E-state index in [1.807, 2.05) is 0 Å². The Balaban J connectivity index is -0.000000429. The molecule has 0 aromatic heterocycles. The second-order valence-electron chi connectivity index (χ2n) is 6.64. The predicted octanol–water partition coefficient (Wildman–Crippen LogP) is 2.31. The van der Waals surface area contributed by atoms with E-state index in [9.17, 15) is 8.42 Å². The van der Waals surface area contributed by atoms with Crippen LogP contribution >= 0.6 is 0 Å². The van der Waals surface area contributed by atoms with Crippen molar-refractivity contribution in [2.24, 2.45) is 0 Å². The van der Waals surface area contributed by atoms with Gasteiger partial charge in [0.05, 0.1) is 6.61 Å². The minimum absolute atomic E-state index is 0. The van der Waals surface area contributed by atoms with E-state index in [1.54, 1.807) is 0 Å². The van der Waals surface area contributed by atoms with Crippen molar-refractivity contribution in [2.75, 3.05) is 6.61 Å². The molecule has 0 heterocycles. The summed E-state index contributed by atoms with van der Waals surface area (Å²) < 4.78 is 64.9. The van der Waals surface area contributed by atoms with E-state index in [1.165, 1.54) is 70.6 Å². The summed E-state index contributed by atoms with van der Waals surface area (Å²) in [6, 6.07) is 0. The SMILES string of the molecule is CCCCCCCC/C=C\CCCCCCCCOS(=O)(=O)O.O=S(=O)(O)O.[H-].[Na+]. The van der Waals surface area contributed by atoms with Gasteiger partial charge in [0.1, 0.15) is 0 Å². The topological polar surface area (TPSA) is 138 Å². The largest absolute Gasteiger partial charge is 1.00 e. The zero-order chi connectivity index (χ0) is 21.7. The van der Waals surface area contributed by atoms with Crippen molar-refractivity contribution < 1.29 is 65.7 Å². The summed E-state index contributed by atoms with van der Waals surface area (Å²) in [4.78, 5) is 0. The Labute approximate surface area is 201 Å². The molecule has 0 fully saturated rings. The number of hydrogen-bond donors (Lipinski definition) is 3. The predicted molar refractivity (Wildman–Crippen MR) is 112 cm³/mol. The second kappa shape index (κ2) is 23.1. The third-order valence-corrected chi connectivity index (χ3v) is 4.35. The van der Waals surface area contributed by atoms with Gasteiger partial charge in [0.15, 0.2) is 0 Å². The number of allylic oxidation sites excluding steroid dienone is 2. The summed E-state index contributed by atoms with van der Waals surface area (Å²) in [5, 5.41) is 0. The van der Waals surface area contributed by atoms with Gasteiger partial charge in [-0.1, -0.05) is 76.9 Å². The zero-order valence-corrected chi connectivity index (χ0v) is 21.6. The molecule has 0 aliphatic heterocycles. The standard InChI is InChI=1S/C18H36O4S.Na.H2O4S.H/c1-2-3-4-5-6-7-8-9-10-11-12-13-14-15-16-17-18-22-23(19,20)21;;1-5(2,3)4;/h9-10H,2-8,11-18H2,1H3,(H,19,20,21);;(H2,1,2,3,4);/q;+1;;-1/b10-9-;;;. The quantitative estimate of drug-likeness (QED) is 0.127. The van der Waals surface area contributed by atoms with Crippen LogP contribution < -0.4 is 29.6 Å². The molecule has 0 aromatic carbocycles. The maximum atomic E-state index is 10.3. The molecule has 0 aliphatic carbocycles. The zero-order valence-electron chi connectivity index (χ0n) is 19.0. The van der Waals surface area contributed by atoms with E-state index in [4.69, 9.17) is 22.1 Å². The monoisotopic (exact) mass is 470 g/mol. The Hall–Kier alpha value is 0.480. The smallest absolute Gasteiger partial charge is 1.00 e. The Morgan fingerprint density at radius 2 is 1.03 bits per heavy atom. The fourth-order valence-corrected chi connectivity index (χ4v) is 2.84. The molecule has 0 bridgehead atoms. The van der Waals surface area contributed by atoms with Crippen LogP contribution in [0.1, 0.15) is 98.2 Å². The fourth-order valence-electron chi connectivity index (χ4n) is 2.51. The van der Waals surface area contributed by atoms with Crippen molar-refractivity contribution in [3.63, 3.8) is 0 Å². The first-order valence-electron chi connectivity index (χ1n) is 10.0. The molecule has 3 N–H and O–H groups in total. The molecule has 0 rings (SSSR count). The van der Waals surface area contributed by atoms with Gasteiger partial charge >= 0.3 is 50.4 Å². The normalized spacial score (nSPS) is 11.7. The Morgan fingerprint density at radius 3 is 1.41 bits per heavy atom. The molecule has 0 saturated heterocycles. The maximum absolute atomic E-state index is 10.3. The van der Waals surface area contributed by atoms with Crippen LogP contribution in [0.4, 0.5) is 0 Å². The van der Waals surface area contributed by atoms with Crippen molar-refractivity contribution in [3.05, 3.63) is 12.2 Å². The van der Waals surface area contributed by atoms with Crippen LogP contribution in [0.25, 0.3) is 0 Å². The maximum Gasteiger partial charge on any atom is 1.00 e. The Bertz CT molecular complexity index is 561. The third-order valence-electron chi connectivity index (χ3n) is 3.89. The number of unbranched alkanes of at least 4 members (excludes halogenated alkanes) is 12. The van der Waals surface area contributed by atoms with E-state index in [0.717, 1.165) is 12.8 Å². The molecule has 0 saturated carbocycles. The van der Waals surface area contributed by atoms with Crippen molar-refractivity contribution in [1.29, 1.82) is 0 Å². The molecule has 0 aliphatic rings. The summed E-state index contributed by atoms with van der Waals surface area (Å²) in [6.45, 7) is 2.33. The molecule has 0 radical (unpaired) electrons. The van der Waals surface area contributed by atoms with E-state index in [2.05, 4.69) is 23.3 Å². The molecule has 172 valence electrons. The van der Waals surface area contributed by atoms with E-state index in [-0.39, 0.29) is 37.6 Å². The van der Waals surface area contributed by atoms with Gasteiger partial charge in [-0.15, -0.1) is 0 Å². The summed E-state index contributed by atoms with van der Waals surface area (Å²) in [5.74, 6) is 0. The number of rotatable bonds is 17. The fraction of sp³-hybridized carbons (Fsp3) is 0.889. The van der Waals surface area contributed by atoms with E-state index < -0.39 is 20.8 Å². The van der Waals surface area contributed by atoms with Gasteiger partial charge < -0.3 is 1.43 Å². The van der Waals surface area contributed by atoms with Crippen molar-refractivity contribution in [3.8, 4) is 0 Å². The van der Waals surface area contributed by atoms with Gasteiger partial charge in [-0.05, 0) is 32.1 Å². The Kier molecular flexibility index (Phi) is 27.2. The van der Waals surface area contributed by atoms with Gasteiger partial charge in [-0.25, -0.2) is 4.18 Å². The average Bonchev–Trinajstić information content (AvgIpc) is 2.55. The summed E-state index contributed by atoms with van der Waals surface area (Å²) in [7, 11) is -8.92. The van der Waals surface area contributed by atoms with Crippen LogP contribution in [-0.2, 0) is 25.0 Å². The van der Waals surface area contributed by atoms with Gasteiger partial charge in [0.2, 0.25) is 0 Å². The molecule has 8 nitrogen and oxygen atoms in total. The van der Waals surface area contributed by atoms with Crippen molar-refractivity contribution in [2.45, 2.75) is 96.8 Å². The van der Waals surface area contributed by atoms with Crippen molar-refractivity contribution in [1.82, 2.24) is 0 Å². The van der Waals surface area contributed by atoms with Gasteiger partial charge in [0.25, 0.3) is 0 Å². The van der Waals surface area contributed by atoms with Crippen LogP contribution in [0.15, 0.2) is 12.2 Å². The van der Waals surface area contributed by atoms with Crippen LogP contribution in [0, 0.1) is 0 Å². The minimum atomic E-state index is -4.67. The van der Waals surface area contributed by atoms with Crippen LogP contribution in [0.5, 0.6) is 0 Å². The molecular formula is C18H39NaO8S2.